The number of hydrogen-bond acceptors (Lipinski definition) is 4. The fraction of sp³-hybridized carbons (Fsp3) is 0.917. The number of rotatable bonds is 3. The first-order chi connectivity index (χ1) is 8.26. The highest BCUT2D eigenvalue weighted by Gasteiger charge is 2.36. The van der Waals surface area contributed by atoms with Crippen LogP contribution >= 0.6 is 0 Å². The van der Waals surface area contributed by atoms with Crippen LogP contribution in [0.3, 0.4) is 0 Å². The van der Waals surface area contributed by atoms with E-state index in [4.69, 9.17) is 4.74 Å². The van der Waals surface area contributed by atoms with Gasteiger partial charge in [-0.2, -0.15) is 0 Å². The van der Waals surface area contributed by atoms with E-state index in [1.165, 1.54) is 0 Å². The first-order valence-electron chi connectivity index (χ1n) is 6.41. The van der Waals surface area contributed by atoms with Crippen molar-refractivity contribution in [1.82, 2.24) is 10.2 Å². The number of ether oxygens (including phenoxy) is 1. The summed E-state index contributed by atoms with van der Waals surface area (Å²) < 4.78 is 5.37. The molecule has 2 aliphatic rings. The number of likely N-dealkylation sites (N-methyl/N-ethyl adjacent to an activating group) is 1. The average molecular weight is 242 g/mol. The zero-order valence-electron chi connectivity index (χ0n) is 10.4. The highest BCUT2D eigenvalue weighted by molar-refractivity contribution is 5.80. The maximum atomic E-state index is 12.4. The Kier molecular flexibility index (Phi) is 4.36. The third-order valence-corrected chi connectivity index (χ3v) is 3.86. The van der Waals surface area contributed by atoms with Crippen molar-refractivity contribution in [3.05, 3.63) is 0 Å². The summed E-state index contributed by atoms with van der Waals surface area (Å²) in [6.07, 6.45) is 2.02. The van der Waals surface area contributed by atoms with Crippen LogP contribution in [0.1, 0.15) is 12.8 Å². The molecular formula is C12H22N2O3. The Bertz CT molecular complexity index is 272. The van der Waals surface area contributed by atoms with E-state index in [1.807, 2.05) is 11.9 Å². The molecule has 17 heavy (non-hydrogen) atoms. The van der Waals surface area contributed by atoms with Crippen molar-refractivity contribution in [2.24, 2.45) is 11.8 Å². The molecular weight excluding hydrogens is 220 g/mol. The fourth-order valence-corrected chi connectivity index (χ4v) is 2.73. The van der Waals surface area contributed by atoms with Crippen molar-refractivity contribution < 1.29 is 14.6 Å². The third kappa shape index (κ3) is 2.78. The molecule has 2 saturated heterocycles. The molecule has 2 heterocycles. The molecule has 0 bridgehead atoms. The monoisotopic (exact) mass is 242 g/mol. The van der Waals surface area contributed by atoms with E-state index in [1.54, 1.807) is 0 Å². The topological polar surface area (TPSA) is 61.8 Å². The number of hydrogen-bond donors (Lipinski definition) is 2. The van der Waals surface area contributed by atoms with E-state index in [0.717, 1.165) is 19.4 Å². The Hall–Kier alpha value is -0.650. The summed E-state index contributed by atoms with van der Waals surface area (Å²) in [7, 11) is 1.87. The first kappa shape index (κ1) is 12.8. The lowest BCUT2D eigenvalue weighted by atomic mass is 9.96. The molecule has 0 spiro atoms. The minimum atomic E-state index is -0.0579. The summed E-state index contributed by atoms with van der Waals surface area (Å²) in [4.78, 5) is 14.3. The Morgan fingerprint density at radius 3 is 3.06 bits per heavy atom. The molecule has 0 aliphatic carbocycles. The lowest BCUT2D eigenvalue weighted by Crippen LogP contribution is -2.48. The molecule has 0 saturated carbocycles. The van der Waals surface area contributed by atoms with E-state index in [0.29, 0.717) is 19.8 Å². The number of carbonyl (C=O) groups is 1. The predicted octanol–water partition coefficient (Wildman–Crippen LogP) is -0.548. The quantitative estimate of drug-likeness (QED) is 0.697. The van der Waals surface area contributed by atoms with Gasteiger partial charge in [-0.3, -0.25) is 4.79 Å². The Morgan fingerprint density at radius 2 is 2.35 bits per heavy atom. The van der Waals surface area contributed by atoms with E-state index in [-0.39, 0.29) is 30.4 Å². The number of nitrogens with zero attached hydrogens (tertiary/aromatic N) is 1. The summed E-state index contributed by atoms with van der Waals surface area (Å²) in [6, 6.07) is 0.136. The second kappa shape index (κ2) is 5.80. The van der Waals surface area contributed by atoms with Gasteiger partial charge in [0.2, 0.25) is 5.91 Å². The van der Waals surface area contributed by atoms with Gasteiger partial charge in [-0.25, -0.2) is 0 Å². The molecule has 2 fully saturated rings. The molecule has 0 aromatic rings. The number of nitrogens with one attached hydrogen (secondary N) is 1. The molecule has 2 rings (SSSR count). The van der Waals surface area contributed by atoms with Crippen molar-refractivity contribution in [2.45, 2.75) is 18.9 Å². The van der Waals surface area contributed by atoms with Crippen LogP contribution < -0.4 is 5.32 Å². The summed E-state index contributed by atoms with van der Waals surface area (Å²) >= 11 is 0. The molecule has 2 N–H and O–H groups in total. The molecule has 5 nitrogen and oxygen atoms in total. The van der Waals surface area contributed by atoms with Gasteiger partial charge in [0.1, 0.15) is 0 Å². The third-order valence-electron chi connectivity index (χ3n) is 3.86. The van der Waals surface area contributed by atoms with Crippen molar-refractivity contribution in [2.75, 3.05) is 40.0 Å². The van der Waals surface area contributed by atoms with E-state index in [9.17, 15) is 9.90 Å². The van der Waals surface area contributed by atoms with Gasteiger partial charge in [0.15, 0.2) is 0 Å². The molecule has 0 aromatic heterocycles. The molecule has 3 atom stereocenters. The van der Waals surface area contributed by atoms with Crippen LogP contribution in [0.4, 0.5) is 0 Å². The molecule has 3 unspecified atom stereocenters. The summed E-state index contributed by atoms with van der Waals surface area (Å²) in [5, 5.41) is 12.3. The van der Waals surface area contributed by atoms with Gasteiger partial charge in [0, 0.05) is 25.7 Å². The van der Waals surface area contributed by atoms with Crippen molar-refractivity contribution in [3.63, 3.8) is 0 Å². The van der Waals surface area contributed by atoms with Gasteiger partial charge in [-0.05, 0) is 25.8 Å². The van der Waals surface area contributed by atoms with E-state index in [2.05, 4.69) is 5.32 Å². The normalized spacial score (nSPS) is 34.0. The van der Waals surface area contributed by atoms with E-state index >= 15 is 0 Å². The molecule has 2 aliphatic heterocycles. The number of aliphatic hydroxyl groups excluding tert-OH is 1. The van der Waals surface area contributed by atoms with Gasteiger partial charge in [0.25, 0.3) is 0 Å². The smallest absolute Gasteiger partial charge is 0.229 e. The standard InChI is InChI=1S/C12H22N2O3/c1-13-11-8-17-7-10(11)12(16)14-4-2-3-9(5-14)6-15/h9-11,13,15H,2-8H2,1H3. The van der Waals surface area contributed by atoms with Crippen molar-refractivity contribution in [1.29, 1.82) is 0 Å². The Labute approximate surface area is 102 Å². The van der Waals surface area contributed by atoms with Gasteiger partial charge in [-0.1, -0.05) is 0 Å². The SMILES string of the molecule is CNC1COCC1C(=O)N1CCCC(CO)C1. The van der Waals surface area contributed by atoms with E-state index < -0.39 is 0 Å². The second-order valence-electron chi connectivity index (χ2n) is 5.01. The minimum absolute atomic E-state index is 0.0579. The van der Waals surface area contributed by atoms with Crippen LogP contribution in [-0.2, 0) is 9.53 Å². The van der Waals surface area contributed by atoms with Crippen molar-refractivity contribution >= 4 is 5.91 Å². The molecule has 1 amide bonds. The highest BCUT2D eigenvalue weighted by atomic mass is 16.5. The second-order valence-corrected chi connectivity index (χ2v) is 5.01. The van der Waals surface area contributed by atoms with Crippen LogP contribution in [0.15, 0.2) is 0 Å². The lowest BCUT2D eigenvalue weighted by Gasteiger charge is -2.34. The highest BCUT2D eigenvalue weighted by Crippen LogP contribution is 2.21. The zero-order valence-corrected chi connectivity index (χ0v) is 10.4. The van der Waals surface area contributed by atoms with Crippen LogP contribution in [0, 0.1) is 11.8 Å². The minimum Gasteiger partial charge on any atom is -0.396 e. The largest absolute Gasteiger partial charge is 0.396 e. The number of aliphatic hydroxyl groups is 1. The number of amides is 1. The Morgan fingerprint density at radius 1 is 1.53 bits per heavy atom. The number of piperidine rings is 1. The summed E-state index contributed by atoms with van der Waals surface area (Å²) in [5.41, 5.74) is 0. The average Bonchev–Trinajstić information content (AvgIpc) is 2.86. The number of likely N-dealkylation sites (tertiary alicyclic amines) is 1. The molecule has 0 aromatic carbocycles. The molecule has 98 valence electrons. The van der Waals surface area contributed by atoms with Crippen LogP contribution in [0.25, 0.3) is 0 Å². The maximum Gasteiger partial charge on any atom is 0.229 e. The van der Waals surface area contributed by atoms with Gasteiger partial charge in [0.05, 0.1) is 19.1 Å². The fourth-order valence-electron chi connectivity index (χ4n) is 2.73. The molecule has 0 radical (unpaired) electrons. The summed E-state index contributed by atoms with van der Waals surface area (Å²) in [6.45, 7) is 2.83. The Balaban J connectivity index is 1.94. The van der Waals surface area contributed by atoms with Gasteiger partial charge >= 0.3 is 0 Å². The maximum absolute atomic E-state index is 12.4. The first-order valence-corrected chi connectivity index (χ1v) is 6.41. The van der Waals surface area contributed by atoms with Gasteiger partial charge < -0.3 is 20.1 Å². The van der Waals surface area contributed by atoms with Crippen molar-refractivity contribution in [3.8, 4) is 0 Å². The number of carbonyl (C=O) groups excluding carboxylic acids is 1. The molecule has 5 heteroatoms. The van der Waals surface area contributed by atoms with Gasteiger partial charge in [-0.15, -0.1) is 0 Å². The lowest BCUT2D eigenvalue weighted by molar-refractivity contribution is -0.138. The van der Waals surface area contributed by atoms with Crippen LogP contribution in [0.2, 0.25) is 0 Å². The zero-order chi connectivity index (χ0) is 12.3. The predicted molar refractivity (Wildman–Crippen MR) is 63.5 cm³/mol. The van der Waals surface area contributed by atoms with Crippen LogP contribution in [-0.4, -0.2) is 61.9 Å². The summed E-state index contributed by atoms with van der Waals surface area (Å²) in [5.74, 6) is 0.375. The van der Waals surface area contributed by atoms with Crippen LogP contribution in [0.5, 0.6) is 0 Å².